The fourth-order valence-corrected chi connectivity index (χ4v) is 2.83. The van der Waals surface area contributed by atoms with Gasteiger partial charge in [-0.1, -0.05) is 12.1 Å². The van der Waals surface area contributed by atoms with Gasteiger partial charge in [-0.25, -0.2) is 19.2 Å². The normalized spacial score (nSPS) is 10.4. The zero-order valence-corrected chi connectivity index (χ0v) is 13.7. The van der Waals surface area contributed by atoms with Crippen LogP contribution in [0, 0.1) is 13.8 Å². The molecular weight excluding hydrogens is 344 g/mol. The summed E-state index contributed by atoms with van der Waals surface area (Å²) in [6.07, 6.45) is 0. The molecule has 0 spiro atoms. The molecule has 0 amide bonds. The van der Waals surface area contributed by atoms with Crippen LogP contribution < -0.4 is 0 Å². The number of carboxylic acid groups (broad SMARTS) is 4. The lowest BCUT2D eigenvalue weighted by molar-refractivity contribution is 0.0650. The van der Waals surface area contributed by atoms with Crippen LogP contribution in [0.2, 0.25) is 0 Å². The molecule has 0 saturated heterocycles. The smallest absolute Gasteiger partial charge is 0.336 e. The number of benzene rings is 2. The van der Waals surface area contributed by atoms with E-state index in [1.807, 2.05) is 0 Å². The van der Waals surface area contributed by atoms with Crippen molar-refractivity contribution in [3.8, 4) is 11.1 Å². The van der Waals surface area contributed by atoms with Crippen LogP contribution in [0.25, 0.3) is 11.1 Å². The highest BCUT2D eigenvalue weighted by molar-refractivity contribution is 6.06. The topological polar surface area (TPSA) is 149 Å². The maximum absolute atomic E-state index is 11.6. The van der Waals surface area contributed by atoms with Crippen LogP contribution in [0.5, 0.6) is 0 Å². The van der Waals surface area contributed by atoms with Gasteiger partial charge in [-0.15, -0.1) is 0 Å². The molecule has 0 saturated carbocycles. The van der Waals surface area contributed by atoms with Gasteiger partial charge in [0.05, 0.1) is 22.3 Å². The van der Waals surface area contributed by atoms with Crippen molar-refractivity contribution in [3.05, 3.63) is 57.6 Å². The van der Waals surface area contributed by atoms with Gasteiger partial charge in [0, 0.05) is 0 Å². The van der Waals surface area contributed by atoms with E-state index in [2.05, 4.69) is 0 Å². The molecule has 134 valence electrons. The fourth-order valence-electron chi connectivity index (χ4n) is 2.83. The third-order valence-corrected chi connectivity index (χ3v) is 4.00. The Morgan fingerprint density at radius 2 is 1.23 bits per heavy atom. The van der Waals surface area contributed by atoms with E-state index >= 15 is 0 Å². The second-order valence-electron chi connectivity index (χ2n) is 5.60. The quantitative estimate of drug-likeness (QED) is 0.637. The SMILES string of the molecule is Cc1cc(-c2ccc(C(=O)O)c(C(=O)O)c2)c(C)c(C(=O)O)c1C(=O)O. The average Bonchev–Trinajstić information content (AvgIpc) is 2.54. The number of aryl methyl sites for hydroxylation is 1. The van der Waals surface area contributed by atoms with E-state index in [9.17, 15) is 34.5 Å². The molecule has 8 heteroatoms. The number of aromatic carboxylic acids is 4. The van der Waals surface area contributed by atoms with E-state index in [0.29, 0.717) is 5.56 Å². The van der Waals surface area contributed by atoms with Crippen molar-refractivity contribution in [1.82, 2.24) is 0 Å². The highest BCUT2D eigenvalue weighted by Gasteiger charge is 2.25. The van der Waals surface area contributed by atoms with E-state index in [1.54, 1.807) is 0 Å². The van der Waals surface area contributed by atoms with Crippen molar-refractivity contribution in [2.24, 2.45) is 0 Å². The van der Waals surface area contributed by atoms with Crippen LogP contribution in [-0.4, -0.2) is 44.3 Å². The fraction of sp³-hybridized carbons (Fsp3) is 0.111. The number of hydrogen-bond donors (Lipinski definition) is 4. The molecule has 0 radical (unpaired) electrons. The molecule has 0 aliphatic rings. The molecule has 0 unspecified atom stereocenters. The number of carbonyl (C=O) groups is 4. The predicted molar refractivity (Wildman–Crippen MR) is 89.2 cm³/mol. The van der Waals surface area contributed by atoms with E-state index < -0.39 is 40.6 Å². The Bertz CT molecular complexity index is 972. The van der Waals surface area contributed by atoms with Gasteiger partial charge in [0.2, 0.25) is 0 Å². The summed E-state index contributed by atoms with van der Waals surface area (Å²) in [7, 11) is 0. The van der Waals surface area contributed by atoms with Gasteiger partial charge < -0.3 is 20.4 Å². The lowest BCUT2D eigenvalue weighted by Crippen LogP contribution is -2.13. The van der Waals surface area contributed by atoms with Gasteiger partial charge >= 0.3 is 23.9 Å². The predicted octanol–water partition coefficient (Wildman–Crippen LogP) is 2.76. The lowest BCUT2D eigenvalue weighted by Gasteiger charge is -2.15. The maximum Gasteiger partial charge on any atom is 0.336 e. The van der Waals surface area contributed by atoms with E-state index in [0.717, 1.165) is 12.1 Å². The molecule has 0 bridgehead atoms. The molecule has 0 heterocycles. The minimum absolute atomic E-state index is 0.139. The first kappa shape index (κ1) is 18.7. The molecule has 0 aliphatic heterocycles. The molecule has 0 fully saturated rings. The number of rotatable bonds is 5. The maximum atomic E-state index is 11.6. The van der Waals surface area contributed by atoms with Gasteiger partial charge in [-0.05, 0) is 48.2 Å². The van der Waals surface area contributed by atoms with Crippen LogP contribution in [0.1, 0.15) is 52.6 Å². The van der Waals surface area contributed by atoms with Crippen molar-refractivity contribution >= 4 is 23.9 Å². The summed E-state index contributed by atoms with van der Waals surface area (Å²) in [5, 5.41) is 37.0. The Balaban J connectivity index is 2.84. The van der Waals surface area contributed by atoms with Crippen LogP contribution in [0.15, 0.2) is 24.3 Å². The van der Waals surface area contributed by atoms with Gasteiger partial charge in [0.15, 0.2) is 0 Å². The second kappa shape index (κ2) is 6.67. The Kier molecular flexibility index (Phi) is 4.79. The van der Waals surface area contributed by atoms with Crippen molar-refractivity contribution in [2.75, 3.05) is 0 Å². The first-order chi connectivity index (χ1) is 12.1. The molecule has 2 aromatic carbocycles. The zero-order valence-electron chi connectivity index (χ0n) is 13.7. The molecule has 0 aliphatic carbocycles. The summed E-state index contributed by atoms with van der Waals surface area (Å²) in [4.78, 5) is 45.5. The highest BCUT2D eigenvalue weighted by Crippen LogP contribution is 2.32. The van der Waals surface area contributed by atoms with Crippen molar-refractivity contribution in [2.45, 2.75) is 13.8 Å². The Morgan fingerprint density at radius 3 is 1.69 bits per heavy atom. The van der Waals surface area contributed by atoms with Crippen LogP contribution >= 0.6 is 0 Å². The molecule has 0 aromatic heterocycles. The highest BCUT2D eigenvalue weighted by atomic mass is 16.4. The number of carboxylic acids is 4. The summed E-state index contributed by atoms with van der Waals surface area (Å²) in [6.45, 7) is 2.85. The summed E-state index contributed by atoms with van der Waals surface area (Å²) < 4.78 is 0. The molecule has 2 rings (SSSR count). The summed E-state index contributed by atoms with van der Waals surface area (Å²) in [5.74, 6) is -5.67. The van der Waals surface area contributed by atoms with E-state index in [1.165, 1.54) is 26.0 Å². The van der Waals surface area contributed by atoms with Gasteiger partial charge in [-0.3, -0.25) is 0 Å². The molecule has 26 heavy (non-hydrogen) atoms. The minimum atomic E-state index is -1.45. The van der Waals surface area contributed by atoms with Crippen molar-refractivity contribution in [1.29, 1.82) is 0 Å². The molecule has 0 atom stereocenters. The second-order valence-corrected chi connectivity index (χ2v) is 5.60. The largest absolute Gasteiger partial charge is 0.478 e. The Morgan fingerprint density at radius 1 is 0.692 bits per heavy atom. The Hall–Kier alpha value is -3.68. The van der Waals surface area contributed by atoms with Gasteiger partial charge in [0.1, 0.15) is 0 Å². The summed E-state index contributed by atoms with van der Waals surface area (Å²) in [5.41, 5.74) is -0.695. The first-order valence-corrected chi connectivity index (χ1v) is 7.28. The molecular formula is C18H14O8. The molecule has 8 nitrogen and oxygen atoms in total. The standard InChI is InChI=1S/C18H14O8/c1-7-5-11(8(2)14(18(25)26)13(7)17(23)24)9-3-4-10(15(19)20)12(6-9)16(21)22/h3-6H,1-2H3,(H,19,20)(H,21,22)(H,23,24)(H,25,26). The minimum Gasteiger partial charge on any atom is -0.478 e. The van der Waals surface area contributed by atoms with E-state index in [4.69, 9.17) is 5.11 Å². The summed E-state index contributed by atoms with van der Waals surface area (Å²) in [6, 6.07) is 5.03. The lowest BCUT2D eigenvalue weighted by atomic mass is 9.88. The summed E-state index contributed by atoms with van der Waals surface area (Å²) >= 11 is 0. The van der Waals surface area contributed by atoms with Crippen LogP contribution in [0.3, 0.4) is 0 Å². The van der Waals surface area contributed by atoms with Crippen molar-refractivity contribution in [3.63, 3.8) is 0 Å². The third kappa shape index (κ3) is 3.12. The van der Waals surface area contributed by atoms with Gasteiger partial charge in [-0.2, -0.15) is 0 Å². The van der Waals surface area contributed by atoms with Crippen molar-refractivity contribution < 1.29 is 39.6 Å². The molecule has 4 N–H and O–H groups in total. The zero-order chi connectivity index (χ0) is 19.8. The van der Waals surface area contributed by atoms with E-state index in [-0.39, 0.29) is 22.3 Å². The van der Waals surface area contributed by atoms with Crippen LogP contribution in [0.4, 0.5) is 0 Å². The average molecular weight is 358 g/mol. The van der Waals surface area contributed by atoms with Gasteiger partial charge in [0.25, 0.3) is 0 Å². The van der Waals surface area contributed by atoms with Crippen LogP contribution in [-0.2, 0) is 0 Å². The third-order valence-electron chi connectivity index (χ3n) is 4.00. The first-order valence-electron chi connectivity index (χ1n) is 7.28. The number of hydrogen-bond acceptors (Lipinski definition) is 4. The Labute approximate surface area is 147 Å². The monoisotopic (exact) mass is 358 g/mol. The molecule has 2 aromatic rings.